The molecule has 1 aromatic heterocycles. The number of benzene rings is 1. The Labute approximate surface area is 96.8 Å². The lowest BCUT2D eigenvalue weighted by Crippen LogP contribution is -2.22. The molecule has 0 amide bonds. The van der Waals surface area contributed by atoms with Crippen LogP contribution in [0.15, 0.2) is 23.0 Å². The zero-order chi connectivity index (χ0) is 11.1. The maximum atomic E-state index is 11.9. The summed E-state index contributed by atoms with van der Waals surface area (Å²) < 4.78 is 7.05. The van der Waals surface area contributed by atoms with Crippen LogP contribution in [0.5, 0.6) is 0 Å². The zero-order valence-electron chi connectivity index (χ0n) is 8.57. The summed E-state index contributed by atoms with van der Waals surface area (Å²) in [5.41, 5.74) is 1.45. The predicted octanol–water partition coefficient (Wildman–Crippen LogP) is 1.94. The molecule has 4 nitrogen and oxygen atoms in total. The van der Waals surface area contributed by atoms with Crippen molar-refractivity contribution in [3.8, 4) is 0 Å². The van der Waals surface area contributed by atoms with Crippen LogP contribution in [0.2, 0.25) is 5.02 Å². The predicted molar refractivity (Wildman–Crippen MR) is 62.0 cm³/mol. The summed E-state index contributed by atoms with van der Waals surface area (Å²) >= 11 is 6.03. The average Bonchev–Trinajstić information content (AvgIpc) is 2.85. The number of imidazole rings is 1. The molecule has 0 bridgehead atoms. The molecule has 2 aromatic rings. The Hall–Kier alpha value is -1.26. The van der Waals surface area contributed by atoms with Crippen LogP contribution >= 0.6 is 11.6 Å². The SMILES string of the molecule is O=c1[nH]c2c(Cl)cccc2n1C1CCOC1. The van der Waals surface area contributed by atoms with E-state index in [1.807, 2.05) is 12.1 Å². The lowest BCUT2D eigenvalue weighted by Gasteiger charge is -2.09. The number of aromatic amines is 1. The highest BCUT2D eigenvalue weighted by molar-refractivity contribution is 6.34. The van der Waals surface area contributed by atoms with Crippen molar-refractivity contribution in [2.24, 2.45) is 0 Å². The normalized spacial score (nSPS) is 20.7. The number of rotatable bonds is 1. The largest absolute Gasteiger partial charge is 0.379 e. The van der Waals surface area contributed by atoms with Crippen LogP contribution in [0.25, 0.3) is 11.0 Å². The number of H-pyrrole nitrogens is 1. The van der Waals surface area contributed by atoms with E-state index < -0.39 is 0 Å². The summed E-state index contributed by atoms with van der Waals surface area (Å²) in [5.74, 6) is 0. The summed E-state index contributed by atoms with van der Waals surface area (Å²) in [5, 5.41) is 0.576. The maximum absolute atomic E-state index is 11.9. The van der Waals surface area contributed by atoms with E-state index in [9.17, 15) is 4.79 Å². The minimum Gasteiger partial charge on any atom is -0.379 e. The molecule has 0 radical (unpaired) electrons. The van der Waals surface area contributed by atoms with Crippen molar-refractivity contribution < 1.29 is 4.74 Å². The number of fused-ring (bicyclic) bond motifs is 1. The Morgan fingerprint density at radius 1 is 1.50 bits per heavy atom. The number of aromatic nitrogens is 2. The van der Waals surface area contributed by atoms with Crippen molar-refractivity contribution in [3.05, 3.63) is 33.7 Å². The lowest BCUT2D eigenvalue weighted by atomic mass is 10.2. The van der Waals surface area contributed by atoms with Crippen molar-refractivity contribution >= 4 is 22.6 Å². The molecule has 1 aliphatic rings. The first-order valence-electron chi connectivity index (χ1n) is 5.24. The molecule has 1 unspecified atom stereocenters. The molecule has 16 heavy (non-hydrogen) atoms. The summed E-state index contributed by atoms with van der Waals surface area (Å²) in [6.07, 6.45) is 0.874. The quantitative estimate of drug-likeness (QED) is 0.826. The second-order valence-corrected chi connectivity index (χ2v) is 4.36. The zero-order valence-corrected chi connectivity index (χ0v) is 9.33. The molecule has 5 heteroatoms. The van der Waals surface area contributed by atoms with Crippen LogP contribution < -0.4 is 5.69 Å². The van der Waals surface area contributed by atoms with E-state index in [2.05, 4.69) is 4.98 Å². The van der Waals surface area contributed by atoms with Gasteiger partial charge in [0.2, 0.25) is 0 Å². The molecule has 84 valence electrons. The molecular formula is C11H11ClN2O2. The Balaban J connectivity index is 2.27. The second-order valence-electron chi connectivity index (χ2n) is 3.95. The second kappa shape index (κ2) is 3.64. The number of hydrogen-bond acceptors (Lipinski definition) is 2. The van der Waals surface area contributed by atoms with E-state index in [0.717, 1.165) is 11.9 Å². The molecule has 3 rings (SSSR count). The van der Waals surface area contributed by atoms with Gasteiger partial charge < -0.3 is 9.72 Å². The molecule has 2 heterocycles. The van der Waals surface area contributed by atoms with Crippen molar-refractivity contribution in [2.45, 2.75) is 12.5 Å². The maximum Gasteiger partial charge on any atom is 0.326 e. The first-order chi connectivity index (χ1) is 7.77. The van der Waals surface area contributed by atoms with Crippen LogP contribution in [0.3, 0.4) is 0 Å². The fourth-order valence-electron chi connectivity index (χ4n) is 2.20. The molecular weight excluding hydrogens is 228 g/mol. The molecule has 1 atom stereocenters. The molecule has 1 N–H and O–H groups in total. The van der Waals surface area contributed by atoms with E-state index in [1.165, 1.54) is 0 Å². The number of nitrogens with one attached hydrogen (secondary N) is 1. The van der Waals surface area contributed by atoms with Gasteiger partial charge in [-0.15, -0.1) is 0 Å². The van der Waals surface area contributed by atoms with Crippen molar-refractivity contribution in [1.29, 1.82) is 0 Å². The standard InChI is InChI=1S/C11H11ClN2O2/c12-8-2-1-3-9-10(8)13-11(15)14(9)7-4-5-16-6-7/h1-3,7H,4-6H2,(H,13,15). The van der Waals surface area contributed by atoms with E-state index >= 15 is 0 Å². The van der Waals surface area contributed by atoms with E-state index in [4.69, 9.17) is 16.3 Å². The Kier molecular flexibility index (Phi) is 2.26. The minimum atomic E-state index is -0.112. The van der Waals surface area contributed by atoms with Gasteiger partial charge in [0, 0.05) is 6.61 Å². The Bertz CT molecular complexity index is 581. The van der Waals surface area contributed by atoms with Crippen LogP contribution in [0.1, 0.15) is 12.5 Å². The number of hydrogen-bond donors (Lipinski definition) is 1. The third-order valence-corrected chi connectivity index (χ3v) is 3.29. The van der Waals surface area contributed by atoms with Crippen LogP contribution in [-0.4, -0.2) is 22.8 Å². The summed E-state index contributed by atoms with van der Waals surface area (Å²) in [6, 6.07) is 5.65. The van der Waals surface area contributed by atoms with Gasteiger partial charge in [0.25, 0.3) is 0 Å². The Morgan fingerprint density at radius 3 is 3.12 bits per heavy atom. The smallest absolute Gasteiger partial charge is 0.326 e. The van der Waals surface area contributed by atoms with Gasteiger partial charge in [-0.1, -0.05) is 17.7 Å². The summed E-state index contributed by atoms with van der Waals surface area (Å²) in [7, 11) is 0. The molecule has 0 saturated carbocycles. The first-order valence-corrected chi connectivity index (χ1v) is 5.61. The molecule has 1 saturated heterocycles. The fourth-order valence-corrected chi connectivity index (χ4v) is 2.42. The lowest BCUT2D eigenvalue weighted by molar-refractivity contribution is 0.186. The highest BCUT2D eigenvalue weighted by Gasteiger charge is 2.22. The third-order valence-electron chi connectivity index (χ3n) is 2.97. The van der Waals surface area contributed by atoms with E-state index in [1.54, 1.807) is 10.6 Å². The average molecular weight is 239 g/mol. The molecule has 1 aliphatic heterocycles. The Morgan fingerprint density at radius 2 is 2.38 bits per heavy atom. The van der Waals surface area contributed by atoms with Gasteiger partial charge in [-0.05, 0) is 18.6 Å². The van der Waals surface area contributed by atoms with Gasteiger partial charge >= 0.3 is 5.69 Å². The highest BCUT2D eigenvalue weighted by atomic mass is 35.5. The monoisotopic (exact) mass is 238 g/mol. The topological polar surface area (TPSA) is 47.0 Å². The van der Waals surface area contributed by atoms with Crippen molar-refractivity contribution in [2.75, 3.05) is 13.2 Å². The van der Waals surface area contributed by atoms with Gasteiger partial charge in [-0.25, -0.2) is 4.79 Å². The molecule has 1 aromatic carbocycles. The fraction of sp³-hybridized carbons (Fsp3) is 0.364. The number of ether oxygens (including phenoxy) is 1. The van der Waals surface area contributed by atoms with Gasteiger partial charge in [-0.2, -0.15) is 0 Å². The number of nitrogens with zero attached hydrogens (tertiary/aromatic N) is 1. The van der Waals surface area contributed by atoms with E-state index in [0.29, 0.717) is 23.8 Å². The van der Waals surface area contributed by atoms with Crippen LogP contribution in [-0.2, 0) is 4.74 Å². The summed E-state index contributed by atoms with van der Waals surface area (Å²) in [6.45, 7) is 1.31. The molecule has 0 spiro atoms. The van der Waals surface area contributed by atoms with Crippen molar-refractivity contribution in [1.82, 2.24) is 9.55 Å². The van der Waals surface area contributed by atoms with Gasteiger partial charge in [0.15, 0.2) is 0 Å². The first kappa shape index (κ1) is 9.93. The van der Waals surface area contributed by atoms with Crippen LogP contribution in [0, 0.1) is 0 Å². The van der Waals surface area contributed by atoms with Gasteiger partial charge in [0.05, 0.1) is 28.7 Å². The summed E-state index contributed by atoms with van der Waals surface area (Å²) in [4.78, 5) is 14.7. The number of para-hydroxylation sites is 1. The minimum absolute atomic E-state index is 0.112. The highest BCUT2D eigenvalue weighted by Crippen LogP contribution is 2.25. The number of halogens is 1. The van der Waals surface area contributed by atoms with Gasteiger partial charge in [0.1, 0.15) is 0 Å². The van der Waals surface area contributed by atoms with Crippen molar-refractivity contribution in [3.63, 3.8) is 0 Å². The third kappa shape index (κ3) is 1.37. The van der Waals surface area contributed by atoms with Crippen LogP contribution in [0.4, 0.5) is 0 Å². The molecule has 0 aliphatic carbocycles. The van der Waals surface area contributed by atoms with Gasteiger partial charge in [-0.3, -0.25) is 4.57 Å². The molecule has 1 fully saturated rings. The van der Waals surface area contributed by atoms with E-state index in [-0.39, 0.29) is 11.7 Å².